The minimum atomic E-state index is -0.444. The summed E-state index contributed by atoms with van der Waals surface area (Å²) in [6.45, 7) is 1.69. The van der Waals surface area contributed by atoms with Crippen molar-refractivity contribution in [3.05, 3.63) is 70.9 Å². The molecule has 126 valence electrons. The number of carbonyl (C=O) groups excluding carboxylic acids is 1. The van der Waals surface area contributed by atoms with Crippen LogP contribution in [0.25, 0.3) is 11.3 Å². The fourth-order valence-electron chi connectivity index (χ4n) is 2.28. The van der Waals surface area contributed by atoms with Crippen LogP contribution in [0, 0.1) is 0 Å². The van der Waals surface area contributed by atoms with Gasteiger partial charge in [-0.25, -0.2) is 5.43 Å². The van der Waals surface area contributed by atoms with E-state index in [4.69, 9.17) is 11.6 Å². The van der Waals surface area contributed by atoms with Crippen LogP contribution in [-0.4, -0.2) is 26.9 Å². The summed E-state index contributed by atoms with van der Waals surface area (Å²) in [7, 11) is 0. The van der Waals surface area contributed by atoms with Crippen LogP contribution in [0.15, 0.2) is 59.7 Å². The second kappa shape index (κ2) is 7.19. The highest BCUT2D eigenvalue weighted by Crippen LogP contribution is 2.26. The topological polar surface area (TPSA) is 90.4 Å². The molecule has 2 aromatic carbocycles. The first-order valence-electron chi connectivity index (χ1n) is 7.49. The summed E-state index contributed by atoms with van der Waals surface area (Å²) in [5, 5.41) is 21.1. The van der Waals surface area contributed by atoms with Gasteiger partial charge < -0.3 is 5.11 Å². The molecule has 0 saturated carbocycles. The van der Waals surface area contributed by atoms with Crippen molar-refractivity contribution < 1.29 is 9.90 Å². The van der Waals surface area contributed by atoms with Crippen molar-refractivity contribution in [1.82, 2.24) is 15.6 Å². The molecule has 0 atom stereocenters. The summed E-state index contributed by atoms with van der Waals surface area (Å²) in [6.07, 6.45) is 0. The predicted molar refractivity (Wildman–Crippen MR) is 96.8 cm³/mol. The van der Waals surface area contributed by atoms with Gasteiger partial charge in [-0.15, -0.1) is 0 Å². The number of para-hydroxylation sites is 1. The number of hydrogen-bond donors (Lipinski definition) is 3. The van der Waals surface area contributed by atoms with E-state index in [1.165, 1.54) is 0 Å². The first kappa shape index (κ1) is 16.7. The van der Waals surface area contributed by atoms with E-state index in [2.05, 4.69) is 20.7 Å². The maximum Gasteiger partial charge on any atom is 0.289 e. The van der Waals surface area contributed by atoms with Crippen molar-refractivity contribution in [2.45, 2.75) is 6.92 Å². The Morgan fingerprint density at radius 2 is 1.92 bits per heavy atom. The van der Waals surface area contributed by atoms with Gasteiger partial charge in [-0.3, -0.25) is 9.89 Å². The first-order valence-corrected chi connectivity index (χ1v) is 7.87. The Balaban J connectivity index is 1.76. The fraction of sp³-hybridized carbons (Fsp3) is 0.0556. The Morgan fingerprint density at radius 1 is 1.20 bits per heavy atom. The van der Waals surface area contributed by atoms with Crippen LogP contribution < -0.4 is 5.43 Å². The quantitative estimate of drug-likeness (QED) is 0.494. The molecule has 25 heavy (non-hydrogen) atoms. The molecule has 3 N–H and O–H groups in total. The number of phenols is 1. The number of carbonyl (C=O) groups is 1. The van der Waals surface area contributed by atoms with Crippen LogP contribution in [0.5, 0.6) is 5.75 Å². The number of amides is 1. The molecular weight excluding hydrogens is 340 g/mol. The second-order valence-electron chi connectivity index (χ2n) is 5.30. The van der Waals surface area contributed by atoms with Gasteiger partial charge in [-0.2, -0.15) is 10.2 Å². The van der Waals surface area contributed by atoms with Crippen LogP contribution in [0.1, 0.15) is 23.0 Å². The summed E-state index contributed by atoms with van der Waals surface area (Å²) in [4.78, 5) is 12.2. The van der Waals surface area contributed by atoms with Gasteiger partial charge in [0.15, 0.2) is 0 Å². The molecule has 0 fully saturated rings. The van der Waals surface area contributed by atoms with Crippen molar-refractivity contribution in [3.8, 4) is 17.0 Å². The smallest absolute Gasteiger partial charge is 0.289 e. The summed E-state index contributed by atoms with van der Waals surface area (Å²) < 4.78 is 0. The molecule has 7 heteroatoms. The third-order valence-corrected chi connectivity index (χ3v) is 3.92. The lowest BCUT2D eigenvalue weighted by Gasteiger charge is -2.03. The second-order valence-corrected chi connectivity index (χ2v) is 5.71. The largest absolute Gasteiger partial charge is 0.507 e. The third-order valence-electron chi connectivity index (χ3n) is 3.59. The number of rotatable bonds is 4. The van der Waals surface area contributed by atoms with Crippen LogP contribution in [0.2, 0.25) is 5.02 Å². The number of benzene rings is 2. The van der Waals surface area contributed by atoms with E-state index in [1.54, 1.807) is 43.3 Å². The van der Waals surface area contributed by atoms with E-state index < -0.39 is 5.91 Å². The number of hydrazone groups is 1. The number of nitrogens with zero attached hydrogens (tertiary/aromatic N) is 2. The normalized spacial score (nSPS) is 11.4. The molecule has 1 amide bonds. The van der Waals surface area contributed by atoms with Crippen LogP contribution in [-0.2, 0) is 0 Å². The van der Waals surface area contributed by atoms with Crippen molar-refractivity contribution >= 4 is 23.2 Å². The zero-order valence-corrected chi connectivity index (χ0v) is 14.1. The molecule has 0 aliphatic rings. The third kappa shape index (κ3) is 3.70. The lowest BCUT2D eigenvalue weighted by molar-refractivity contribution is 0.0950. The van der Waals surface area contributed by atoms with Crippen molar-refractivity contribution in [2.75, 3.05) is 0 Å². The van der Waals surface area contributed by atoms with Gasteiger partial charge in [0.25, 0.3) is 5.91 Å². The SMILES string of the molecule is C/C(=N\NC(=O)c1cc(-c2ccccc2Cl)n[nH]1)c1ccccc1O. The minimum absolute atomic E-state index is 0.0977. The molecule has 0 aliphatic carbocycles. The van der Waals surface area contributed by atoms with Gasteiger partial charge in [-0.1, -0.05) is 41.9 Å². The number of H-pyrrole nitrogens is 1. The molecular formula is C18H15ClN4O2. The average Bonchev–Trinajstić information content (AvgIpc) is 3.10. The van der Waals surface area contributed by atoms with Crippen LogP contribution >= 0.6 is 11.6 Å². The molecule has 0 radical (unpaired) electrons. The fourth-order valence-corrected chi connectivity index (χ4v) is 2.51. The Bertz CT molecular complexity index is 950. The number of aromatic nitrogens is 2. The zero-order valence-electron chi connectivity index (χ0n) is 13.3. The van der Waals surface area contributed by atoms with E-state index in [0.717, 1.165) is 5.56 Å². The molecule has 1 heterocycles. The van der Waals surface area contributed by atoms with Gasteiger partial charge in [0.1, 0.15) is 11.4 Å². The van der Waals surface area contributed by atoms with E-state index in [9.17, 15) is 9.90 Å². The zero-order chi connectivity index (χ0) is 17.8. The monoisotopic (exact) mass is 354 g/mol. The number of nitrogens with one attached hydrogen (secondary N) is 2. The first-order chi connectivity index (χ1) is 12.1. The predicted octanol–water partition coefficient (Wildman–Crippen LogP) is 3.59. The van der Waals surface area contributed by atoms with Crippen molar-refractivity contribution in [2.24, 2.45) is 5.10 Å². The lowest BCUT2D eigenvalue weighted by atomic mass is 10.1. The van der Waals surface area contributed by atoms with Gasteiger partial charge in [0.05, 0.1) is 16.4 Å². The molecule has 3 aromatic rings. The molecule has 0 aliphatic heterocycles. The molecule has 0 saturated heterocycles. The standard InChI is InChI=1S/C18H15ClN4O2/c1-11(12-6-3-5-9-17(12)24)20-23-18(25)16-10-15(21-22-16)13-7-2-4-8-14(13)19/h2-10,24H,1H3,(H,21,22)(H,23,25)/b20-11+. The summed E-state index contributed by atoms with van der Waals surface area (Å²) in [5.74, 6) is -0.346. The van der Waals surface area contributed by atoms with Gasteiger partial charge in [0, 0.05) is 11.1 Å². The summed E-state index contributed by atoms with van der Waals surface area (Å²) in [5.41, 5.74) is 5.02. The number of halogens is 1. The van der Waals surface area contributed by atoms with Crippen molar-refractivity contribution in [3.63, 3.8) is 0 Å². The molecule has 0 unspecified atom stereocenters. The summed E-state index contributed by atoms with van der Waals surface area (Å²) in [6, 6.07) is 15.6. The number of phenolic OH excluding ortho intramolecular Hbond substituents is 1. The maximum absolute atomic E-state index is 12.2. The summed E-state index contributed by atoms with van der Waals surface area (Å²) >= 11 is 6.13. The van der Waals surface area contributed by atoms with Crippen LogP contribution in [0.3, 0.4) is 0 Å². The molecule has 1 aromatic heterocycles. The van der Waals surface area contributed by atoms with E-state index in [-0.39, 0.29) is 11.4 Å². The lowest BCUT2D eigenvalue weighted by Crippen LogP contribution is -2.19. The Morgan fingerprint density at radius 3 is 2.68 bits per heavy atom. The van der Waals surface area contributed by atoms with Crippen molar-refractivity contribution in [1.29, 1.82) is 0 Å². The highest BCUT2D eigenvalue weighted by molar-refractivity contribution is 6.33. The van der Waals surface area contributed by atoms with Gasteiger partial charge in [-0.05, 0) is 31.2 Å². The molecule has 0 spiro atoms. The average molecular weight is 355 g/mol. The Kier molecular flexibility index (Phi) is 4.81. The number of hydrogen-bond acceptors (Lipinski definition) is 4. The molecule has 0 bridgehead atoms. The van der Waals surface area contributed by atoms with Crippen LogP contribution in [0.4, 0.5) is 0 Å². The molecule has 3 rings (SSSR count). The Labute approximate surface area is 149 Å². The van der Waals surface area contributed by atoms with E-state index in [0.29, 0.717) is 22.0 Å². The maximum atomic E-state index is 12.2. The highest BCUT2D eigenvalue weighted by Gasteiger charge is 2.12. The van der Waals surface area contributed by atoms with E-state index in [1.807, 2.05) is 18.2 Å². The number of aromatic amines is 1. The molecule has 6 nitrogen and oxygen atoms in total. The highest BCUT2D eigenvalue weighted by atomic mass is 35.5. The van der Waals surface area contributed by atoms with E-state index >= 15 is 0 Å². The van der Waals surface area contributed by atoms with Gasteiger partial charge >= 0.3 is 0 Å². The number of aromatic hydroxyl groups is 1. The minimum Gasteiger partial charge on any atom is -0.507 e. The van der Waals surface area contributed by atoms with Gasteiger partial charge in [0.2, 0.25) is 0 Å². The Hall–Kier alpha value is -3.12.